The lowest BCUT2D eigenvalue weighted by atomic mass is 10.0. The van der Waals surface area contributed by atoms with Gasteiger partial charge in [0.15, 0.2) is 5.82 Å². The number of halogens is 1. The summed E-state index contributed by atoms with van der Waals surface area (Å²) in [5.74, 6) is 2.19. The van der Waals surface area contributed by atoms with Gasteiger partial charge in [-0.05, 0) is 25.0 Å². The Hall–Kier alpha value is -2.09. The number of methoxy groups -OCH3 is 2. The first-order valence-corrected chi connectivity index (χ1v) is 9.25. The van der Waals surface area contributed by atoms with E-state index >= 15 is 0 Å². The van der Waals surface area contributed by atoms with E-state index in [-0.39, 0.29) is 6.04 Å². The average molecular weight is 393 g/mol. The normalized spacial score (nSPS) is 18.3. The van der Waals surface area contributed by atoms with Crippen molar-refractivity contribution in [2.75, 3.05) is 38.9 Å². The van der Waals surface area contributed by atoms with Gasteiger partial charge in [0.05, 0.1) is 50.2 Å². The zero-order chi connectivity index (χ0) is 19.4. The minimum absolute atomic E-state index is 0.229. The molecule has 7 nitrogen and oxygen atoms in total. The van der Waals surface area contributed by atoms with E-state index in [1.165, 1.54) is 0 Å². The van der Waals surface area contributed by atoms with Gasteiger partial charge in [-0.2, -0.15) is 5.10 Å². The van der Waals surface area contributed by atoms with Crippen molar-refractivity contribution in [1.82, 2.24) is 10.2 Å². The summed E-state index contributed by atoms with van der Waals surface area (Å²) in [7, 11) is 3.24. The molecule has 27 heavy (non-hydrogen) atoms. The van der Waals surface area contributed by atoms with Crippen LogP contribution in [0.25, 0.3) is 0 Å². The summed E-state index contributed by atoms with van der Waals surface area (Å²) in [6.45, 7) is 4.19. The zero-order valence-corrected chi connectivity index (χ0v) is 16.6. The van der Waals surface area contributed by atoms with Crippen LogP contribution in [0.2, 0.25) is 5.02 Å². The third kappa shape index (κ3) is 4.43. The molecule has 1 aromatic heterocycles. The first kappa shape index (κ1) is 19.7. The molecule has 0 amide bonds. The number of hydrogen-bond donors (Lipinski definition) is 1. The number of hydrogen-bond acceptors (Lipinski definition) is 7. The smallest absolute Gasteiger partial charge is 0.153 e. The second kappa shape index (κ2) is 8.73. The molecule has 2 heterocycles. The lowest BCUT2D eigenvalue weighted by Crippen LogP contribution is -2.44. The summed E-state index contributed by atoms with van der Waals surface area (Å²) in [5.41, 5.74) is 7.89. The predicted octanol–water partition coefficient (Wildman–Crippen LogP) is 2.61. The number of rotatable bonds is 6. The van der Waals surface area contributed by atoms with Crippen molar-refractivity contribution in [1.29, 1.82) is 0 Å². The van der Waals surface area contributed by atoms with Crippen LogP contribution in [0.15, 0.2) is 24.3 Å². The molecule has 0 saturated carbocycles. The van der Waals surface area contributed by atoms with Crippen LogP contribution in [0.1, 0.15) is 24.2 Å². The number of ether oxygens (including phenoxy) is 3. The Morgan fingerprint density at radius 3 is 2.78 bits per heavy atom. The number of morpholine rings is 1. The van der Waals surface area contributed by atoms with Crippen LogP contribution in [0, 0.1) is 0 Å². The molecule has 0 bridgehead atoms. The van der Waals surface area contributed by atoms with E-state index in [9.17, 15) is 0 Å². The van der Waals surface area contributed by atoms with Gasteiger partial charge < -0.3 is 24.8 Å². The second-order valence-electron chi connectivity index (χ2n) is 6.54. The van der Waals surface area contributed by atoms with Gasteiger partial charge >= 0.3 is 0 Å². The summed E-state index contributed by atoms with van der Waals surface area (Å²) in [5, 5.41) is 9.18. The Kier molecular flexibility index (Phi) is 6.36. The number of benzene rings is 1. The summed E-state index contributed by atoms with van der Waals surface area (Å²) in [6, 6.07) is 7.30. The molecule has 2 atom stereocenters. The minimum Gasteiger partial charge on any atom is -0.497 e. The van der Waals surface area contributed by atoms with Crippen LogP contribution in [0.5, 0.6) is 11.5 Å². The maximum atomic E-state index is 6.49. The molecule has 1 aromatic carbocycles. The Labute approximate surface area is 164 Å². The van der Waals surface area contributed by atoms with Crippen LogP contribution in [0.3, 0.4) is 0 Å². The minimum atomic E-state index is -0.400. The van der Waals surface area contributed by atoms with Gasteiger partial charge in [-0.25, -0.2) is 0 Å². The fraction of sp³-hybridized carbons (Fsp3) is 0.474. The highest BCUT2D eigenvalue weighted by Crippen LogP contribution is 2.30. The van der Waals surface area contributed by atoms with E-state index in [1.807, 2.05) is 24.3 Å². The van der Waals surface area contributed by atoms with Gasteiger partial charge in [0.25, 0.3) is 0 Å². The lowest BCUT2D eigenvalue weighted by molar-refractivity contribution is 0.0984. The second-order valence-corrected chi connectivity index (χ2v) is 6.95. The number of anilines is 1. The van der Waals surface area contributed by atoms with Gasteiger partial charge in [-0.3, -0.25) is 0 Å². The third-order valence-electron chi connectivity index (χ3n) is 4.71. The van der Waals surface area contributed by atoms with Gasteiger partial charge in [-0.15, -0.1) is 5.10 Å². The largest absolute Gasteiger partial charge is 0.497 e. The summed E-state index contributed by atoms with van der Waals surface area (Å²) in [6.07, 6.45) is 0.523. The molecule has 3 rings (SSSR count). The molecule has 0 aliphatic carbocycles. The van der Waals surface area contributed by atoms with E-state index in [1.54, 1.807) is 14.2 Å². The third-order valence-corrected chi connectivity index (χ3v) is 5.01. The summed E-state index contributed by atoms with van der Waals surface area (Å²) < 4.78 is 16.1. The van der Waals surface area contributed by atoms with Crippen molar-refractivity contribution in [3.63, 3.8) is 0 Å². The van der Waals surface area contributed by atoms with Gasteiger partial charge in [0.1, 0.15) is 11.5 Å². The standard InChI is InChI=1S/C19H25ClN4O3/c1-12-11-27-7-6-24(12)18-10-15(20)19(23-22-18)16(21)8-13-4-5-14(25-2)9-17(13)26-3/h4-5,9-10,12,16H,6-8,11,21H2,1-3H3/t12?,16-/m1/s1. The van der Waals surface area contributed by atoms with E-state index in [0.717, 1.165) is 23.7 Å². The topological polar surface area (TPSA) is 82.7 Å². The van der Waals surface area contributed by atoms with Crippen LogP contribution >= 0.6 is 11.6 Å². The van der Waals surface area contributed by atoms with Crippen LogP contribution in [-0.2, 0) is 11.2 Å². The molecule has 2 aromatic rings. The molecule has 1 fully saturated rings. The Balaban J connectivity index is 1.78. The van der Waals surface area contributed by atoms with Gasteiger partial charge in [-0.1, -0.05) is 17.7 Å². The Bertz CT molecular complexity index is 790. The number of aromatic nitrogens is 2. The maximum absolute atomic E-state index is 6.49. The molecule has 1 saturated heterocycles. The molecule has 8 heteroatoms. The van der Waals surface area contributed by atoms with E-state index in [2.05, 4.69) is 22.0 Å². The van der Waals surface area contributed by atoms with Crippen LogP contribution in [-0.4, -0.2) is 50.2 Å². The highest BCUT2D eigenvalue weighted by Gasteiger charge is 2.23. The van der Waals surface area contributed by atoms with Crippen molar-refractivity contribution in [3.8, 4) is 11.5 Å². The number of nitrogens with two attached hydrogens (primary N) is 1. The fourth-order valence-corrected chi connectivity index (χ4v) is 3.46. The van der Waals surface area contributed by atoms with Crippen LogP contribution < -0.4 is 20.1 Å². The molecule has 0 spiro atoms. The fourth-order valence-electron chi connectivity index (χ4n) is 3.18. The van der Waals surface area contributed by atoms with Crippen molar-refractivity contribution < 1.29 is 14.2 Å². The SMILES string of the molecule is COc1ccc(C[C@@H](N)c2nnc(N3CCOCC3C)cc2Cl)c(OC)c1. The molecule has 1 aliphatic rings. The molecule has 1 aliphatic heterocycles. The molecule has 2 N–H and O–H groups in total. The van der Waals surface area contributed by atoms with Gasteiger partial charge in [0, 0.05) is 18.7 Å². The molecular formula is C19H25ClN4O3. The molecule has 1 unspecified atom stereocenters. The Morgan fingerprint density at radius 1 is 1.30 bits per heavy atom. The van der Waals surface area contributed by atoms with Crippen LogP contribution in [0.4, 0.5) is 5.82 Å². The highest BCUT2D eigenvalue weighted by atomic mass is 35.5. The van der Waals surface area contributed by atoms with E-state index < -0.39 is 6.04 Å². The average Bonchev–Trinajstić information content (AvgIpc) is 2.68. The van der Waals surface area contributed by atoms with Gasteiger partial charge in [0.2, 0.25) is 0 Å². The lowest BCUT2D eigenvalue weighted by Gasteiger charge is -2.34. The van der Waals surface area contributed by atoms with Crippen molar-refractivity contribution in [2.45, 2.75) is 25.4 Å². The predicted molar refractivity (Wildman–Crippen MR) is 105 cm³/mol. The molecule has 0 radical (unpaired) electrons. The van der Waals surface area contributed by atoms with E-state index in [4.69, 9.17) is 31.5 Å². The first-order valence-electron chi connectivity index (χ1n) is 8.87. The maximum Gasteiger partial charge on any atom is 0.153 e. The monoisotopic (exact) mass is 392 g/mol. The van der Waals surface area contributed by atoms with Crippen molar-refractivity contribution >= 4 is 17.4 Å². The Morgan fingerprint density at radius 2 is 2.11 bits per heavy atom. The summed E-state index contributed by atoms with van der Waals surface area (Å²) >= 11 is 6.49. The zero-order valence-electron chi connectivity index (χ0n) is 15.8. The quantitative estimate of drug-likeness (QED) is 0.808. The molecule has 146 valence electrons. The molecular weight excluding hydrogens is 368 g/mol. The van der Waals surface area contributed by atoms with E-state index in [0.29, 0.717) is 36.1 Å². The summed E-state index contributed by atoms with van der Waals surface area (Å²) in [4.78, 5) is 2.14. The first-order chi connectivity index (χ1) is 13.0. The number of nitrogens with zero attached hydrogens (tertiary/aromatic N) is 3. The highest BCUT2D eigenvalue weighted by molar-refractivity contribution is 6.31. The van der Waals surface area contributed by atoms with Crippen molar-refractivity contribution in [3.05, 3.63) is 40.5 Å². The van der Waals surface area contributed by atoms with Crippen molar-refractivity contribution in [2.24, 2.45) is 5.73 Å².